The van der Waals surface area contributed by atoms with E-state index in [9.17, 15) is 4.79 Å². The highest BCUT2D eigenvalue weighted by molar-refractivity contribution is 7.11. The lowest BCUT2D eigenvalue weighted by molar-refractivity contribution is -0.0135. The number of carbonyl (C=O) groups is 1. The number of thiazole rings is 1. The Balaban J connectivity index is 3.07. The minimum atomic E-state index is -0.355. The zero-order chi connectivity index (χ0) is 14.6. The number of ether oxygens (including phenoxy) is 2. The summed E-state index contributed by atoms with van der Waals surface area (Å²) in [5.41, 5.74) is 0.350. The van der Waals surface area contributed by atoms with E-state index in [2.05, 4.69) is 25.8 Å². The van der Waals surface area contributed by atoms with E-state index in [1.807, 2.05) is 13.8 Å². The fourth-order valence-electron chi connectivity index (χ4n) is 1.78. The maximum Gasteiger partial charge on any atom is 0.358 e. The molecule has 0 bridgehead atoms. The van der Waals surface area contributed by atoms with Crippen LogP contribution in [0.5, 0.6) is 0 Å². The molecular weight excluding hydrogens is 262 g/mol. The molecule has 0 saturated carbocycles. The van der Waals surface area contributed by atoms with Gasteiger partial charge < -0.3 is 9.47 Å². The van der Waals surface area contributed by atoms with Crippen molar-refractivity contribution >= 4 is 17.3 Å². The number of hydrogen-bond donors (Lipinski definition) is 0. The molecule has 1 aromatic rings. The average Bonchev–Trinajstić information content (AvgIpc) is 2.66. The summed E-state index contributed by atoms with van der Waals surface area (Å²) in [5, 5.41) is 0.843. The fourth-order valence-corrected chi connectivity index (χ4v) is 2.98. The molecule has 1 heterocycles. The SMILES string of the molecule is CCOC(=O)c1nc(C(OCC)C(C)(C)C)sc1C. The van der Waals surface area contributed by atoms with Gasteiger partial charge in [-0.25, -0.2) is 9.78 Å². The number of nitrogens with zero attached hydrogens (tertiary/aromatic N) is 1. The van der Waals surface area contributed by atoms with Crippen molar-refractivity contribution < 1.29 is 14.3 Å². The standard InChI is InChI=1S/C14H23NO3S/c1-7-17-11(14(4,5)6)12-15-10(9(3)19-12)13(16)18-8-2/h11H,7-8H2,1-6H3. The van der Waals surface area contributed by atoms with Crippen molar-refractivity contribution in [2.45, 2.75) is 47.6 Å². The molecule has 0 amide bonds. The van der Waals surface area contributed by atoms with Gasteiger partial charge in [-0.15, -0.1) is 11.3 Å². The molecule has 0 fully saturated rings. The maximum atomic E-state index is 11.8. The molecule has 5 heteroatoms. The van der Waals surface area contributed by atoms with Crippen LogP contribution in [0, 0.1) is 12.3 Å². The lowest BCUT2D eigenvalue weighted by Gasteiger charge is -2.28. The number of esters is 1. The fraction of sp³-hybridized carbons (Fsp3) is 0.714. The van der Waals surface area contributed by atoms with E-state index in [1.165, 1.54) is 11.3 Å². The van der Waals surface area contributed by atoms with E-state index in [4.69, 9.17) is 9.47 Å². The van der Waals surface area contributed by atoms with E-state index < -0.39 is 0 Å². The van der Waals surface area contributed by atoms with Crippen molar-refractivity contribution in [3.8, 4) is 0 Å². The van der Waals surface area contributed by atoms with Crippen LogP contribution < -0.4 is 0 Å². The third-order valence-corrected chi connectivity index (χ3v) is 3.64. The van der Waals surface area contributed by atoms with Crippen LogP contribution in [-0.4, -0.2) is 24.2 Å². The molecule has 0 aliphatic heterocycles. The Hall–Kier alpha value is -0.940. The molecule has 0 aliphatic rings. The predicted octanol–water partition coefficient (Wildman–Crippen LogP) is 3.75. The second kappa shape index (κ2) is 6.48. The zero-order valence-electron chi connectivity index (χ0n) is 12.6. The van der Waals surface area contributed by atoms with Gasteiger partial charge in [0.2, 0.25) is 0 Å². The van der Waals surface area contributed by atoms with Crippen LogP contribution in [0.2, 0.25) is 0 Å². The third kappa shape index (κ3) is 4.01. The number of aryl methyl sites for hydroxylation is 1. The smallest absolute Gasteiger partial charge is 0.358 e. The van der Waals surface area contributed by atoms with Gasteiger partial charge in [0.1, 0.15) is 11.1 Å². The molecule has 0 radical (unpaired) electrons. The van der Waals surface area contributed by atoms with Crippen molar-refractivity contribution in [3.63, 3.8) is 0 Å². The van der Waals surface area contributed by atoms with Gasteiger partial charge in [-0.05, 0) is 26.2 Å². The van der Waals surface area contributed by atoms with Gasteiger partial charge in [0.25, 0.3) is 0 Å². The third-order valence-electron chi connectivity index (χ3n) is 2.63. The molecular formula is C14H23NO3S. The van der Waals surface area contributed by atoms with E-state index in [0.717, 1.165) is 9.88 Å². The number of carbonyl (C=O) groups excluding carboxylic acids is 1. The molecule has 4 nitrogen and oxygen atoms in total. The minimum absolute atomic E-state index is 0.0633. The van der Waals surface area contributed by atoms with Crippen LogP contribution in [0.3, 0.4) is 0 Å². The molecule has 0 N–H and O–H groups in total. The minimum Gasteiger partial charge on any atom is -0.461 e. The first-order chi connectivity index (χ1) is 8.81. The van der Waals surface area contributed by atoms with Crippen LogP contribution in [0.4, 0.5) is 0 Å². The van der Waals surface area contributed by atoms with Crippen molar-refractivity contribution in [1.82, 2.24) is 4.98 Å². The normalized spacial score (nSPS) is 13.4. The van der Waals surface area contributed by atoms with E-state index in [0.29, 0.717) is 18.9 Å². The lowest BCUT2D eigenvalue weighted by atomic mass is 9.89. The number of aromatic nitrogens is 1. The lowest BCUT2D eigenvalue weighted by Crippen LogP contribution is -2.21. The maximum absolute atomic E-state index is 11.8. The Morgan fingerprint density at radius 1 is 1.32 bits per heavy atom. The van der Waals surface area contributed by atoms with Gasteiger partial charge in [0.15, 0.2) is 5.69 Å². The molecule has 1 atom stereocenters. The quantitative estimate of drug-likeness (QED) is 0.773. The zero-order valence-corrected chi connectivity index (χ0v) is 13.4. The highest BCUT2D eigenvalue weighted by Gasteiger charge is 2.31. The summed E-state index contributed by atoms with van der Waals surface area (Å²) >= 11 is 1.51. The van der Waals surface area contributed by atoms with Crippen LogP contribution >= 0.6 is 11.3 Å². The molecule has 0 saturated heterocycles. The Kier molecular flexibility index (Phi) is 5.50. The van der Waals surface area contributed by atoms with Crippen LogP contribution in [0.15, 0.2) is 0 Å². The van der Waals surface area contributed by atoms with Gasteiger partial charge >= 0.3 is 5.97 Å². The van der Waals surface area contributed by atoms with E-state index >= 15 is 0 Å². The van der Waals surface area contributed by atoms with Gasteiger partial charge in [0, 0.05) is 11.5 Å². The van der Waals surface area contributed by atoms with E-state index in [1.54, 1.807) is 6.92 Å². The first-order valence-electron chi connectivity index (χ1n) is 6.57. The largest absolute Gasteiger partial charge is 0.461 e. The molecule has 1 rings (SSSR count). The number of hydrogen-bond acceptors (Lipinski definition) is 5. The van der Waals surface area contributed by atoms with E-state index in [-0.39, 0.29) is 17.5 Å². The molecule has 1 aromatic heterocycles. The van der Waals surface area contributed by atoms with Crippen molar-refractivity contribution in [3.05, 3.63) is 15.6 Å². The van der Waals surface area contributed by atoms with Crippen LogP contribution in [0.1, 0.15) is 61.1 Å². The Labute approximate surface area is 119 Å². The molecule has 0 aromatic carbocycles. The Morgan fingerprint density at radius 2 is 1.95 bits per heavy atom. The van der Waals surface area contributed by atoms with Crippen molar-refractivity contribution in [1.29, 1.82) is 0 Å². The molecule has 108 valence electrons. The topological polar surface area (TPSA) is 48.4 Å². The van der Waals surface area contributed by atoms with Gasteiger partial charge in [-0.3, -0.25) is 0 Å². The van der Waals surface area contributed by atoms with Gasteiger partial charge in [0.05, 0.1) is 6.61 Å². The summed E-state index contributed by atoms with van der Waals surface area (Å²) in [4.78, 5) is 17.1. The average molecular weight is 285 g/mol. The second-order valence-corrected chi connectivity index (χ2v) is 6.61. The number of rotatable bonds is 5. The first-order valence-corrected chi connectivity index (χ1v) is 7.38. The summed E-state index contributed by atoms with van der Waals surface area (Å²) in [7, 11) is 0. The van der Waals surface area contributed by atoms with Crippen molar-refractivity contribution in [2.75, 3.05) is 13.2 Å². The molecule has 1 unspecified atom stereocenters. The molecule has 0 spiro atoms. The monoisotopic (exact) mass is 285 g/mol. The molecule has 0 aliphatic carbocycles. The molecule has 19 heavy (non-hydrogen) atoms. The predicted molar refractivity (Wildman–Crippen MR) is 76.6 cm³/mol. The van der Waals surface area contributed by atoms with Crippen LogP contribution in [-0.2, 0) is 9.47 Å². The summed E-state index contributed by atoms with van der Waals surface area (Å²) < 4.78 is 10.8. The summed E-state index contributed by atoms with van der Waals surface area (Å²) in [6, 6.07) is 0. The first kappa shape index (κ1) is 16.1. The Bertz CT molecular complexity index is 434. The highest BCUT2D eigenvalue weighted by atomic mass is 32.1. The highest BCUT2D eigenvalue weighted by Crippen LogP contribution is 2.38. The van der Waals surface area contributed by atoms with Gasteiger partial charge in [-0.1, -0.05) is 20.8 Å². The summed E-state index contributed by atoms with van der Waals surface area (Å²) in [6.45, 7) is 12.9. The summed E-state index contributed by atoms with van der Waals surface area (Å²) in [5.74, 6) is -0.355. The van der Waals surface area contributed by atoms with Gasteiger partial charge in [-0.2, -0.15) is 0 Å². The second-order valence-electron chi connectivity index (χ2n) is 5.38. The van der Waals surface area contributed by atoms with Crippen molar-refractivity contribution in [2.24, 2.45) is 5.41 Å². The summed E-state index contributed by atoms with van der Waals surface area (Å²) in [6.07, 6.45) is -0.107. The Morgan fingerprint density at radius 3 is 2.42 bits per heavy atom. The van der Waals surface area contributed by atoms with Crippen LogP contribution in [0.25, 0.3) is 0 Å².